The van der Waals surface area contributed by atoms with Crippen LogP contribution in [0.25, 0.3) is 0 Å². The van der Waals surface area contributed by atoms with Gasteiger partial charge in [0.25, 0.3) is 5.91 Å². The highest BCUT2D eigenvalue weighted by molar-refractivity contribution is 6.02. The zero-order chi connectivity index (χ0) is 14.5. The van der Waals surface area contributed by atoms with Crippen molar-refractivity contribution in [2.75, 3.05) is 36.5 Å². The normalized spacial score (nSPS) is 14.8. The molecule has 7 nitrogen and oxygen atoms in total. The molecule has 21 heavy (non-hydrogen) atoms. The molecule has 0 bridgehead atoms. The molecule has 1 saturated heterocycles. The van der Waals surface area contributed by atoms with Gasteiger partial charge in [-0.05, 0) is 24.3 Å². The largest absolute Gasteiger partial charge is 0.378 e. The SMILES string of the molecule is O=C(Nc1ccncc1)c1ccc(N2CCOCC2)nn1. The van der Waals surface area contributed by atoms with Gasteiger partial charge < -0.3 is 15.0 Å². The van der Waals surface area contributed by atoms with E-state index in [9.17, 15) is 4.79 Å². The summed E-state index contributed by atoms with van der Waals surface area (Å²) in [5, 5.41) is 10.8. The fourth-order valence-corrected chi connectivity index (χ4v) is 2.04. The lowest BCUT2D eigenvalue weighted by Crippen LogP contribution is -2.37. The number of nitrogens with one attached hydrogen (secondary N) is 1. The lowest BCUT2D eigenvalue weighted by molar-refractivity contribution is 0.102. The first kappa shape index (κ1) is 13.4. The topological polar surface area (TPSA) is 80.2 Å². The van der Waals surface area contributed by atoms with Gasteiger partial charge in [-0.25, -0.2) is 0 Å². The van der Waals surface area contributed by atoms with E-state index in [1.165, 1.54) is 0 Å². The smallest absolute Gasteiger partial charge is 0.276 e. The Kier molecular flexibility index (Phi) is 4.02. The average molecular weight is 285 g/mol. The zero-order valence-electron chi connectivity index (χ0n) is 11.4. The maximum atomic E-state index is 12.0. The maximum absolute atomic E-state index is 12.0. The minimum Gasteiger partial charge on any atom is -0.378 e. The van der Waals surface area contributed by atoms with Gasteiger partial charge in [-0.3, -0.25) is 9.78 Å². The Hall–Kier alpha value is -2.54. The highest BCUT2D eigenvalue weighted by Gasteiger charge is 2.14. The third-order valence-corrected chi connectivity index (χ3v) is 3.16. The van der Waals surface area contributed by atoms with Crippen molar-refractivity contribution in [2.24, 2.45) is 0 Å². The van der Waals surface area contributed by atoms with Crippen LogP contribution in [0.5, 0.6) is 0 Å². The Labute approximate surface area is 122 Å². The number of nitrogens with zero attached hydrogens (tertiary/aromatic N) is 4. The summed E-state index contributed by atoms with van der Waals surface area (Å²) in [5.74, 6) is 0.473. The molecule has 1 aliphatic rings. The third-order valence-electron chi connectivity index (χ3n) is 3.16. The summed E-state index contributed by atoms with van der Waals surface area (Å²) < 4.78 is 5.29. The number of hydrogen-bond acceptors (Lipinski definition) is 6. The molecule has 0 saturated carbocycles. The van der Waals surface area contributed by atoms with E-state index in [0.29, 0.717) is 18.9 Å². The van der Waals surface area contributed by atoms with Crippen molar-refractivity contribution in [1.82, 2.24) is 15.2 Å². The van der Waals surface area contributed by atoms with E-state index < -0.39 is 0 Å². The molecule has 2 aromatic rings. The van der Waals surface area contributed by atoms with Gasteiger partial charge in [-0.15, -0.1) is 10.2 Å². The van der Waals surface area contributed by atoms with Crippen molar-refractivity contribution in [1.29, 1.82) is 0 Å². The maximum Gasteiger partial charge on any atom is 0.276 e. The van der Waals surface area contributed by atoms with Gasteiger partial charge in [0, 0.05) is 31.2 Å². The van der Waals surface area contributed by atoms with Crippen LogP contribution >= 0.6 is 0 Å². The summed E-state index contributed by atoms with van der Waals surface area (Å²) in [6.45, 7) is 2.95. The molecule has 0 spiro atoms. The van der Waals surface area contributed by atoms with E-state index in [1.54, 1.807) is 36.7 Å². The highest BCUT2D eigenvalue weighted by atomic mass is 16.5. The average Bonchev–Trinajstić information content (AvgIpc) is 2.57. The fraction of sp³-hybridized carbons (Fsp3) is 0.286. The quantitative estimate of drug-likeness (QED) is 0.904. The van der Waals surface area contributed by atoms with Gasteiger partial charge in [-0.2, -0.15) is 0 Å². The molecule has 0 aliphatic carbocycles. The van der Waals surface area contributed by atoms with Crippen LogP contribution < -0.4 is 10.2 Å². The molecule has 3 heterocycles. The number of anilines is 2. The standard InChI is InChI=1S/C14H15N5O2/c20-14(16-11-3-5-15-6-4-11)12-1-2-13(18-17-12)19-7-9-21-10-8-19/h1-6H,7-10H2,(H,15,16,20). The molecule has 1 N–H and O–H groups in total. The van der Waals surface area contributed by atoms with Crippen LogP contribution in [-0.2, 0) is 4.74 Å². The first-order valence-corrected chi connectivity index (χ1v) is 6.71. The Morgan fingerprint density at radius 3 is 2.52 bits per heavy atom. The van der Waals surface area contributed by atoms with Crippen molar-refractivity contribution in [2.45, 2.75) is 0 Å². The van der Waals surface area contributed by atoms with Crippen LogP contribution in [0, 0.1) is 0 Å². The van der Waals surface area contributed by atoms with Crippen LogP contribution in [0.15, 0.2) is 36.7 Å². The molecule has 2 aromatic heterocycles. The lowest BCUT2D eigenvalue weighted by atomic mass is 10.3. The summed E-state index contributed by atoms with van der Waals surface area (Å²) in [4.78, 5) is 18.0. The number of carbonyl (C=O) groups is 1. The summed E-state index contributed by atoms with van der Waals surface area (Å²) in [7, 11) is 0. The molecule has 0 atom stereocenters. The van der Waals surface area contributed by atoms with Crippen LogP contribution in [-0.4, -0.2) is 47.4 Å². The van der Waals surface area contributed by atoms with Crippen LogP contribution in [0.1, 0.15) is 10.5 Å². The van der Waals surface area contributed by atoms with Crippen molar-refractivity contribution in [3.8, 4) is 0 Å². The molecular formula is C14H15N5O2. The number of carbonyl (C=O) groups excluding carboxylic acids is 1. The van der Waals surface area contributed by atoms with Gasteiger partial charge in [0.15, 0.2) is 11.5 Å². The second-order valence-electron chi connectivity index (χ2n) is 4.57. The van der Waals surface area contributed by atoms with E-state index in [2.05, 4.69) is 25.4 Å². The van der Waals surface area contributed by atoms with Crippen LogP contribution in [0.3, 0.4) is 0 Å². The van der Waals surface area contributed by atoms with E-state index >= 15 is 0 Å². The van der Waals surface area contributed by atoms with Gasteiger partial charge in [0.1, 0.15) is 0 Å². The van der Waals surface area contributed by atoms with Crippen molar-refractivity contribution < 1.29 is 9.53 Å². The predicted molar refractivity (Wildman–Crippen MR) is 77.3 cm³/mol. The number of pyridine rings is 1. The fourth-order valence-electron chi connectivity index (χ4n) is 2.04. The van der Waals surface area contributed by atoms with Gasteiger partial charge in [0.05, 0.1) is 13.2 Å². The van der Waals surface area contributed by atoms with E-state index in [4.69, 9.17) is 4.74 Å². The molecule has 1 fully saturated rings. The minimum absolute atomic E-state index is 0.281. The molecule has 1 aliphatic heterocycles. The summed E-state index contributed by atoms with van der Waals surface area (Å²) in [6, 6.07) is 6.91. The minimum atomic E-state index is -0.290. The van der Waals surface area contributed by atoms with Gasteiger partial charge >= 0.3 is 0 Å². The van der Waals surface area contributed by atoms with Gasteiger partial charge in [0.2, 0.25) is 0 Å². The lowest BCUT2D eigenvalue weighted by Gasteiger charge is -2.27. The molecule has 108 valence electrons. The van der Waals surface area contributed by atoms with Crippen LogP contribution in [0.2, 0.25) is 0 Å². The van der Waals surface area contributed by atoms with E-state index in [0.717, 1.165) is 18.9 Å². The number of aromatic nitrogens is 3. The summed E-state index contributed by atoms with van der Waals surface area (Å²) in [6.07, 6.45) is 3.23. The molecule has 0 radical (unpaired) electrons. The Morgan fingerprint density at radius 2 is 1.86 bits per heavy atom. The molecule has 3 rings (SSSR count). The summed E-state index contributed by atoms with van der Waals surface area (Å²) in [5.41, 5.74) is 0.956. The number of morpholine rings is 1. The Bertz CT molecular complexity index is 597. The highest BCUT2D eigenvalue weighted by Crippen LogP contribution is 2.12. The predicted octanol–water partition coefficient (Wildman–Crippen LogP) is 0.960. The third kappa shape index (κ3) is 3.32. The second kappa shape index (κ2) is 6.27. The van der Waals surface area contributed by atoms with Crippen molar-refractivity contribution >= 4 is 17.4 Å². The molecule has 1 amide bonds. The van der Waals surface area contributed by atoms with Gasteiger partial charge in [-0.1, -0.05) is 0 Å². The Balaban J connectivity index is 1.67. The van der Waals surface area contributed by atoms with E-state index in [1.807, 2.05) is 0 Å². The first-order chi connectivity index (χ1) is 10.3. The van der Waals surface area contributed by atoms with Crippen LogP contribution in [0.4, 0.5) is 11.5 Å². The zero-order valence-corrected chi connectivity index (χ0v) is 11.4. The number of hydrogen-bond donors (Lipinski definition) is 1. The molecular weight excluding hydrogens is 270 g/mol. The molecule has 0 aromatic carbocycles. The van der Waals surface area contributed by atoms with Crippen molar-refractivity contribution in [3.63, 3.8) is 0 Å². The van der Waals surface area contributed by atoms with E-state index in [-0.39, 0.29) is 11.6 Å². The Morgan fingerprint density at radius 1 is 1.10 bits per heavy atom. The molecule has 0 unspecified atom stereocenters. The van der Waals surface area contributed by atoms with Crippen molar-refractivity contribution in [3.05, 3.63) is 42.4 Å². The first-order valence-electron chi connectivity index (χ1n) is 6.71. The second-order valence-corrected chi connectivity index (χ2v) is 4.57. The molecule has 7 heteroatoms. The number of ether oxygens (including phenoxy) is 1. The number of amides is 1. The number of rotatable bonds is 3. The monoisotopic (exact) mass is 285 g/mol. The summed E-state index contributed by atoms with van der Waals surface area (Å²) >= 11 is 0.